The Kier molecular flexibility index (Phi) is 5.80. The first-order valence-corrected chi connectivity index (χ1v) is 8.60. The Bertz CT molecular complexity index is 879. The number of carbonyl (C=O) groups excluding carboxylic acids is 1. The predicted molar refractivity (Wildman–Crippen MR) is 98.9 cm³/mol. The Morgan fingerprint density at radius 1 is 1.27 bits per heavy atom. The van der Waals surface area contributed by atoms with Crippen molar-refractivity contribution in [3.63, 3.8) is 0 Å². The van der Waals surface area contributed by atoms with Crippen molar-refractivity contribution in [3.8, 4) is 11.4 Å². The van der Waals surface area contributed by atoms with E-state index in [-0.39, 0.29) is 5.91 Å². The third-order valence-electron chi connectivity index (χ3n) is 3.53. The van der Waals surface area contributed by atoms with Crippen molar-refractivity contribution in [3.05, 3.63) is 59.1 Å². The van der Waals surface area contributed by atoms with Crippen molar-refractivity contribution in [1.82, 2.24) is 20.4 Å². The summed E-state index contributed by atoms with van der Waals surface area (Å²) in [6.45, 7) is 2.97. The molecule has 0 aliphatic heterocycles. The zero-order chi connectivity index (χ0) is 18.4. The molecule has 8 heteroatoms. The summed E-state index contributed by atoms with van der Waals surface area (Å²) in [6.07, 6.45) is 2.42. The second-order valence-corrected chi connectivity index (χ2v) is 6.00. The van der Waals surface area contributed by atoms with Gasteiger partial charge in [0, 0.05) is 23.3 Å². The highest BCUT2D eigenvalue weighted by atomic mass is 35.5. The number of halogens is 1. The summed E-state index contributed by atoms with van der Waals surface area (Å²) >= 11 is 5.97. The first-order chi connectivity index (χ1) is 12.7. The Hall–Kier alpha value is -2.93. The van der Waals surface area contributed by atoms with Gasteiger partial charge < -0.3 is 15.2 Å². The smallest absolute Gasteiger partial charge is 0.252 e. The van der Waals surface area contributed by atoms with Crippen LogP contribution in [0.15, 0.2) is 47.1 Å². The Morgan fingerprint density at radius 3 is 2.88 bits per heavy atom. The molecule has 2 N–H and O–H groups in total. The van der Waals surface area contributed by atoms with Gasteiger partial charge in [0.05, 0.1) is 12.1 Å². The minimum Gasteiger partial charge on any atom is -0.361 e. The van der Waals surface area contributed by atoms with Crippen LogP contribution in [0.2, 0.25) is 5.02 Å². The van der Waals surface area contributed by atoms with Gasteiger partial charge in [0.25, 0.3) is 5.91 Å². The van der Waals surface area contributed by atoms with Crippen molar-refractivity contribution in [2.24, 2.45) is 0 Å². The molecule has 0 aliphatic rings. The van der Waals surface area contributed by atoms with Gasteiger partial charge in [0.15, 0.2) is 0 Å². The fraction of sp³-hybridized carbons (Fsp3) is 0.222. The normalized spacial score (nSPS) is 10.5. The number of hydrogen-bond donors (Lipinski definition) is 2. The fourth-order valence-electron chi connectivity index (χ4n) is 2.21. The molecule has 0 spiro atoms. The van der Waals surface area contributed by atoms with Gasteiger partial charge in [0.1, 0.15) is 5.82 Å². The molecule has 0 unspecified atom stereocenters. The van der Waals surface area contributed by atoms with E-state index in [9.17, 15) is 4.79 Å². The van der Waals surface area contributed by atoms with Crippen molar-refractivity contribution < 1.29 is 9.32 Å². The second-order valence-electron chi connectivity index (χ2n) is 5.56. The molecule has 1 amide bonds. The van der Waals surface area contributed by atoms with Gasteiger partial charge in [-0.2, -0.15) is 4.98 Å². The van der Waals surface area contributed by atoms with Gasteiger partial charge in [-0.1, -0.05) is 35.8 Å². The maximum Gasteiger partial charge on any atom is 0.252 e. The number of nitrogens with zero attached hydrogens (tertiary/aromatic N) is 3. The molecule has 2 heterocycles. The number of benzene rings is 1. The summed E-state index contributed by atoms with van der Waals surface area (Å²) in [7, 11) is 0. The van der Waals surface area contributed by atoms with Gasteiger partial charge in [-0.25, -0.2) is 4.98 Å². The summed E-state index contributed by atoms with van der Waals surface area (Å²) < 4.78 is 5.23. The molecule has 0 bridgehead atoms. The van der Waals surface area contributed by atoms with E-state index in [2.05, 4.69) is 25.8 Å². The molecule has 0 aliphatic carbocycles. The average Bonchev–Trinajstić information content (AvgIpc) is 3.14. The Balaban J connectivity index is 1.58. The summed E-state index contributed by atoms with van der Waals surface area (Å²) in [4.78, 5) is 20.4. The molecule has 0 saturated heterocycles. The number of pyridine rings is 1. The standard InChI is InChI=1S/C18H18ClN5O2/c1-2-8-20-18(25)13-6-7-15(21-10-13)22-11-16-23-17(24-26-16)12-4-3-5-14(19)9-12/h3-7,9-10H,2,8,11H2,1H3,(H,20,25)(H,21,22). The molecule has 26 heavy (non-hydrogen) atoms. The van der Waals surface area contributed by atoms with Crippen LogP contribution in [0.25, 0.3) is 11.4 Å². The summed E-state index contributed by atoms with van der Waals surface area (Å²) in [5.41, 5.74) is 1.30. The first kappa shape index (κ1) is 17.9. The third kappa shape index (κ3) is 4.58. The molecule has 0 atom stereocenters. The fourth-order valence-corrected chi connectivity index (χ4v) is 2.40. The molecule has 134 valence electrons. The lowest BCUT2D eigenvalue weighted by Crippen LogP contribution is -2.24. The molecule has 3 rings (SSSR count). The summed E-state index contributed by atoms with van der Waals surface area (Å²) in [5, 5.41) is 10.4. The lowest BCUT2D eigenvalue weighted by atomic mass is 10.2. The van der Waals surface area contributed by atoms with Gasteiger partial charge in [0.2, 0.25) is 11.7 Å². The largest absolute Gasteiger partial charge is 0.361 e. The zero-order valence-electron chi connectivity index (χ0n) is 14.2. The van der Waals surface area contributed by atoms with E-state index >= 15 is 0 Å². The Morgan fingerprint density at radius 2 is 2.15 bits per heavy atom. The number of amides is 1. The molecular weight excluding hydrogens is 354 g/mol. The number of hydrogen-bond acceptors (Lipinski definition) is 6. The number of anilines is 1. The second kappa shape index (κ2) is 8.44. The maximum absolute atomic E-state index is 11.8. The number of rotatable bonds is 7. The van der Waals surface area contributed by atoms with Gasteiger partial charge >= 0.3 is 0 Å². The van der Waals surface area contributed by atoms with Crippen LogP contribution < -0.4 is 10.6 Å². The molecule has 0 fully saturated rings. The van der Waals surface area contributed by atoms with E-state index in [1.54, 1.807) is 24.3 Å². The lowest BCUT2D eigenvalue weighted by molar-refractivity contribution is 0.0953. The first-order valence-electron chi connectivity index (χ1n) is 8.22. The Labute approximate surface area is 155 Å². The van der Waals surface area contributed by atoms with Gasteiger partial charge in [-0.3, -0.25) is 4.79 Å². The third-order valence-corrected chi connectivity index (χ3v) is 3.77. The minimum absolute atomic E-state index is 0.131. The zero-order valence-corrected chi connectivity index (χ0v) is 15.0. The van der Waals surface area contributed by atoms with Gasteiger partial charge in [-0.05, 0) is 30.7 Å². The highest BCUT2D eigenvalue weighted by molar-refractivity contribution is 6.30. The van der Waals surface area contributed by atoms with E-state index in [0.29, 0.717) is 41.2 Å². The molecular formula is C18H18ClN5O2. The predicted octanol–water partition coefficient (Wildman–Crippen LogP) is 3.54. The lowest BCUT2D eigenvalue weighted by Gasteiger charge is -2.05. The van der Waals surface area contributed by atoms with E-state index in [1.165, 1.54) is 6.20 Å². The molecule has 0 radical (unpaired) electrons. The van der Waals surface area contributed by atoms with Crippen LogP contribution in [0.1, 0.15) is 29.6 Å². The molecule has 2 aromatic heterocycles. The summed E-state index contributed by atoms with van der Waals surface area (Å²) in [6, 6.07) is 10.7. The molecule has 3 aromatic rings. The van der Waals surface area contributed by atoms with Crippen LogP contribution in [0.4, 0.5) is 5.82 Å². The summed E-state index contributed by atoms with van der Waals surface area (Å²) in [5.74, 6) is 1.38. The number of nitrogens with one attached hydrogen (secondary N) is 2. The van der Waals surface area contributed by atoms with E-state index in [1.807, 2.05) is 19.1 Å². The van der Waals surface area contributed by atoms with E-state index < -0.39 is 0 Å². The van der Waals surface area contributed by atoms with Crippen LogP contribution in [0, 0.1) is 0 Å². The average molecular weight is 372 g/mol. The van der Waals surface area contributed by atoms with Crippen LogP contribution in [-0.4, -0.2) is 27.6 Å². The van der Waals surface area contributed by atoms with Crippen LogP contribution >= 0.6 is 11.6 Å². The van der Waals surface area contributed by atoms with E-state index in [0.717, 1.165) is 12.0 Å². The van der Waals surface area contributed by atoms with Crippen molar-refractivity contribution in [1.29, 1.82) is 0 Å². The SMILES string of the molecule is CCCNC(=O)c1ccc(NCc2nc(-c3cccc(Cl)c3)no2)nc1. The van der Waals surface area contributed by atoms with Crippen LogP contribution in [-0.2, 0) is 6.54 Å². The monoisotopic (exact) mass is 371 g/mol. The van der Waals surface area contributed by atoms with E-state index in [4.69, 9.17) is 16.1 Å². The quantitative estimate of drug-likeness (QED) is 0.659. The van der Waals surface area contributed by atoms with Crippen LogP contribution in [0.5, 0.6) is 0 Å². The highest BCUT2D eigenvalue weighted by Crippen LogP contribution is 2.20. The van der Waals surface area contributed by atoms with Crippen molar-refractivity contribution >= 4 is 23.3 Å². The maximum atomic E-state index is 11.8. The van der Waals surface area contributed by atoms with Crippen molar-refractivity contribution in [2.75, 3.05) is 11.9 Å². The highest BCUT2D eigenvalue weighted by Gasteiger charge is 2.10. The topological polar surface area (TPSA) is 92.9 Å². The minimum atomic E-state index is -0.131. The molecule has 0 saturated carbocycles. The number of aromatic nitrogens is 3. The van der Waals surface area contributed by atoms with Crippen molar-refractivity contribution in [2.45, 2.75) is 19.9 Å². The number of carbonyl (C=O) groups is 1. The van der Waals surface area contributed by atoms with Crippen LogP contribution in [0.3, 0.4) is 0 Å². The molecule has 1 aromatic carbocycles. The van der Waals surface area contributed by atoms with Gasteiger partial charge in [-0.15, -0.1) is 0 Å². The molecule has 7 nitrogen and oxygen atoms in total.